The molecule has 1 rings (SSSR count). The first-order valence-electron chi connectivity index (χ1n) is 5.07. The Morgan fingerprint density at radius 2 is 2.06 bits per heavy atom. The average molecular weight is 287 g/mol. The number of carbonyl (C=O) groups is 1. The lowest BCUT2D eigenvalue weighted by atomic mass is 9.98. The highest BCUT2D eigenvalue weighted by Crippen LogP contribution is 2.32. The lowest BCUT2D eigenvalue weighted by molar-refractivity contribution is 0.0305. The molecule has 0 fully saturated rings. The minimum atomic E-state index is -1.24. The number of aryl methyl sites for hydroxylation is 1. The zero-order valence-electron chi connectivity index (χ0n) is 9.53. The predicted molar refractivity (Wildman–Crippen MR) is 65.6 cm³/mol. The van der Waals surface area contributed by atoms with E-state index in [1.165, 1.54) is 0 Å². The van der Waals surface area contributed by atoms with Crippen molar-refractivity contribution in [3.63, 3.8) is 0 Å². The van der Waals surface area contributed by atoms with Crippen LogP contribution in [0.25, 0.3) is 0 Å². The molecule has 1 atom stereocenters. The molecular formula is C12H15BrO3. The van der Waals surface area contributed by atoms with Crippen LogP contribution in [0, 0.1) is 12.8 Å². The molecule has 4 heteroatoms. The molecule has 0 spiro atoms. The second-order valence-electron chi connectivity index (χ2n) is 4.07. The lowest BCUT2D eigenvalue weighted by Gasteiger charge is -2.21. The maximum Gasteiger partial charge on any atom is 0.506 e. The minimum Gasteiger partial charge on any atom is -0.450 e. The van der Waals surface area contributed by atoms with Crippen LogP contribution in [-0.4, -0.2) is 11.3 Å². The molecule has 16 heavy (non-hydrogen) atoms. The Balaban J connectivity index is 3.05. The van der Waals surface area contributed by atoms with Gasteiger partial charge in [-0.15, -0.1) is 0 Å². The van der Waals surface area contributed by atoms with Crippen LogP contribution in [0.1, 0.15) is 31.1 Å². The molecule has 0 bridgehead atoms. The lowest BCUT2D eigenvalue weighted by Crippen LogP contribution is -2.15. The fourth-order valence-corrected chi connectivity index (χ4v) is 2.25. The van der Waals surface area contributed by atoms with E-state index in [9.17, 15) is 4.79 Å². The highest BCUT2D eigenvalue weighted by Gasteiger charge is 2.22. The molecule has 0 amide bonds. The molecule has 0 saturated carbocycles. The number of carboxylic acid groups (broad SMARTS) is 1. The van der Waals surface area contributed by atoms with Gasteiger partial charge in [0.25, 0.3) is 0 Å². The molecule has 0 aliphatic heterocycles. The first-order chi connectivity index (χ1) is 7.41. The van der Waals surface area contributed by atoms with E-state index in [4.69, 9.17) is 9.84 Å². The maximum absolute atomic E-state index is 10.6. The molecular weight excluding hydrogens is 272 g/mol. The molecule has 1 aromatic rings. The quantitative estimate of drug-likeness (QED) is 0.849. The van der Waals surface area contributed by atoms with Crippen LogP contribution in [0.2, 0.25) is 0 Å². The summed E-state index contributed by atoms with van der Waals surface area (Å²) < 4.78 is 5.79. The van der Waals surface area contributed by atoms with Gasteiger partial charge < -0.3 is 9.84 Å². The Bertz CT molecular complexity index is 388. The fourth-order valence-electron chi connectivity index (χ4n) is 1.53. The molecule has 0 aliphatic carbocycles. The van der Waals surface area contributed by atoms with Crippen molar-refractivity contribution in [3.05, 3.63) is 33.8 Å². The summed E-state index contributed by atoms with van der Waals surface area (Å²) in [6.45, 7) is 5.84. The number of ether oxygens (including phenoxy) is 1. The summed E-state index contributed by atoms with van der Waals surface area (Å²) in [4.78, 5) is 10.6. The van der Waals surface area contributed by atoms with Crippen molar-refractivity contribution in [1.82, 2.24) is 0 Å². The third-order valence-corrected chi connectivity index (χ3v) is 2.98. The number of hydrogen-bond acceptors (Lipinski definition) is 2. The highest BCUT2D eigenvalue weighted by molar-refractivity contribution is 9.10. The number of rotatable bonds is 3. The molecule has 0 unspecified atom stereocenters. The topological polar surface area (TPSA) is 46.5 Å². The van der Waals surface area contributed by atoms with Crippen molar-refractivity contribution in [2.75, 3.05) is 0 Å². The van der Waals surface area contributed by atoms with Gasteiger partial charge in [-0.05, 0) is 24.5 Å². The third-order valence-electron chi connectivity index (χ3n) is 2.30. The average Bonchev–Trinajstić information content (AvgIpc) is 2.14. The van der Waals surface area contributed by atoms with Gasteiger partial charge >= 0.3 is 6.16 Å². The standard InChI is InChI=1S/C12H15BrO3/c1-7(2)11(16-12(14)15)9-5-4-8(3)6-10(9)13/h4-7,11H,1-3H3,(H,14,15)/t11-/m0/s1. The fraction of sp³-hybridized carbons (Fsp3) is 0.417. The number of benzene rings is 1. The summed E-state index contributed by atoms with van der Waals surface area (Å²) in [5.74, 6) is 0.0927. The van der Waals surface area contributed by atoms with E-state index in [0.29, 0.717) is 0 Å². The van der Waals surface area contributed by atoms with Crippen LogP contribution in [0.3, 0.4) is 0 Å². The van der Waals surface area contributed by atoms with Crippen molar-refractivity contribution in [1.29, 1.82) is 0 Å². The van der Waals surface area contributed by atoms with Crippen molar-refractivity contribution in [2.24, 2.45) is 5.92 Å². The zero-order chi connectivity index (χ0) is 12.3. The van der Waals surface area contributed by atoms with Gasteiger partial charge in [0.2, 0.25) is 0 Å². The van der Waals surface area contributed by atoms with Crippen LogP contribution < -0.4 is 0 Å². The van der Waals surface area contributed by atoms with E-state index < -0.39 is 12.3 Å². The van der Waals surface area contributed by atoms with Gasteiger partial charge in [0.15, 0.2) is 0 Å². The molecule has 88 valence electrons. The molecule has 1 N–H and O–H groups in total. The van der Waals surface area contributed by atoms with Gasteiger partial charge in [-0.2, -0.15) is 0 Å². The molecule has 0 heterocycles. The van der Waals surface area contributed by atoms with Crippen LogP contribution in [0.4, 0.5) is 4.79 Å². The smallest absolute Gasteiger partial charge is 0.450 e. The Morgan fingerprint density at radius 1 is 1.44 bits per heavy atom. The van der Waals surface area contributed by atoms with Gasteiger partial charge in [0, 0.05) is 10.0 Å². The Kier molecular flexibility index (Phi) is 4.35. The van der Waals surface area contributed by atoms with E-state index in [-0.39, 0.29) is 5.92 Å². The van der Waals surface area contributed by atoms with E-state index in [1.807, 2.05) is 39.0 Å². The van der Waals surface area contributed by atoms with Crippen molar-refractivity contribution in [2.45, 2.75) is 26.9 Å². The van der Waals surface area contributed by atoms with Gasteiger partial charge in [0.05, 0.1) is 0 Å². The summed E-state index contributed by atoms with van der Waals surface area (Å²) in [5, 5.41) is 8.70. The van der Waals surface area contributed by atoms with E-state index in [0.717, 1.165) is 15.6 Å². The van der Waals surface area contributed by atoms with E-state index in [1.54, 1.807) is 0 Å². The van der Waals surface area contributed by atoms with E-state index in [2.05, 4.69) is 15.9 Å². The maximum atomic E-state index is 10.6. The monoisotopic (exact) mass is 286 g/mol. The Morgan fingerprint density at radius 3 is 2.50 bits per heavy atom. The largest absolute Gasteiger partial charge is 0.506 e. The normalized spacial score (nSPS) is 12.6. The van der Waals surface area contributed by atoms with Gasteiger partial charge in [-0.25, -0.2) is 4.79 Å². The molecule has 0 saturated heterocycles. The summed E-state index contributed by atoms with van der Waals surface area (Å²) in [7, 11) is 0. The zero-order valence-corrected chi connectivity index (χ0v) is 11.1. The summed E-state index contributed by atoms with van der Waals surface area (Å²) in [5.41, 5.74) is 1.98. The summed E-state index contributed by atoms with van der Waals surface area (Å²) >= 11 is 3.43. The summed E-state index contributed by atoms with van der Waals surface area (Å²) in [6.07, 6.45) is -1.68. The first-order valence-corrected chi connectivity index (χ1v) is 5.86. The highest BCUT2D eigenvalue weighted by atomic mass is 79.9. The number of hydrogen-bond donors (Lipinski definition) is 1. The molecule has 1 aromatic carbocycles. The van der Waals surface area contributed by atoms with Crippen molar-refractivity contribution >= 4 is 22.1 Å². The van der Waals surface area contributed by atoms with Crippen LogP contribution in [-0.2, 0) is 4.74 Å². The van der Waals surface area contributed by atoms with Gasteiger partial charge in [-0.3, -0.25) is 0 Å². The van der Waals surface area contributed by atoms with Crippen molar-refractivity contribution in [3.8, 4) is 0 Å². The molecule has 0 radical (unpaired) electrons. The van der Waals surface area contributed by atoms with Gasteiger partial charge in [-0.1, -0.05) is 41.9 Å². The molecule has 0 aliphatic rings. The molecule has 3 nitrogen and oxygen atoms in total. The van der Waals surface area contributed by atoms with Crippen LogP contribution in [0.15, 0.2) is 22.7 Å². The molecule has 0 aromatic heterocycles. The minimum absolute atomic E-state index is 0.0927. The Hall–Kier alpha value is -1.03. The Labute approximate surface area is 104 Å². The second kappa shape index (κ2) is 5.34. The second-order valence-corrected chi connectivity index (χ2v) is 4.93. The predicted octanol–water partition coefficient (Wildman–Crippen LogP) is 4.15. The van der Waals surface area contributed by atoms with Gasteiger partial charge in [0.1, 0.15) is 6.10 Å². The summed E-state index contributed by atoms with van der Waals surface area (Å²) in [6, 6.07) is 5.80. The van der Waals surface area contributed by atoms with E-state index >= 15 is 0 Å². The van der Waals surface area contributed by atoms with Crippen LogP contribution >= 0.6 is 15.9 Å². The number of halogens is 1. The SMILES string of the molecule is Cc1ccc([C@@H](OC(=O)O)C(C)C)c(Br)c1. The van der Waals surface area contributed by atoms with Crippen LogP contribution in [0.5, 0.6) is 0 Å². The van der Waals surface area contributed by atoms with Crippen molar-refractivity contribution < 1.29 is 14.6 Å². The third kappa shape index (κ3) is 3.23. The first kappa shape index (κ1) is 13.0.